The van der Waals surface area contributed by atoms with Gasteiger partial charge in [0.05, 0.1) is 46.8 Å². The molecule has 0 bridgehead atoms. The molecule has 8 nitrogen and oxygen atoms in total. The van der Waals surface area contributed by atoms with Gasteiger partial charge in [0, 0.05) is 47.1 Å². The molecule has 5 heterocycles. The van der Waals surface area contributed by atoms with Crippen molar-refractivity contribution in [3.63, 3.8) is 0 Å². The van der Waals surface area contributed by atoms with Crippen molar-refractivity contribution in [3.8, 4) is 33.9 Å². The van der Waals surface area contributed by atoms with Crippen LogP contribution in [-0.4, -0.2) is 50.6 Å². The predicted molar refractivity (Wildman–Crippen MR) is 146 cm³/mol. The van der Waals surface area contributed by atoms with Crippen molar-refractivity contribution < 1.29 is 9.53 Å². The molecule has 1 saturated heterocycles. The Labute approximate surface area is 220 Å². The molecule has 0 spiro atoms. The third-order valence-electron chi connectivity index (χ3n) is 6.88. The van der Waals surface area contributed by atoms with Crippen molar-refractivity contribution in [1.82, 2.24) is 30.2 Å². The number of carbonyl (C=O) groups is 1. The van der Waals surface area contributed by atoms with Crippen molar-refractivity contribution in [1.29, 1.82) is 0 Å². The molecule has 0 saturated carbocycles. The minimum atomic E-state index is -0.339. The Bertz CT molecular complexity index is 1590. The maximum absolute atomic E-state index is 12.5. The average Bonchev–Trinajstić information content (AvgIpc) is 3.46. The Hall–Kier alpha value is -4.43. The molecule has 2 N–H and O–H groups in total. The Morgan fingerprint density at radius 2 is 1.92 bits per heavy atom. The van der Waals surface area contributed by atoms with Crippen LogP contribution in [0.25, 0.3) is 44.8 Å². The number of H-pyrrole nitrogens is 1. The van der Waals surface area contributed by atoms with Gasteiger partial charge in [-0.1, -0.05) is 12.1 Å². The van der Waals surface area contributed by atoms with Gasteiger partial charge in [-0.15, -0.1) is 0 Å². The van der Waals surface area contributed by atoms with Crippen molar-refractivity contribution >= 4 is 16.9 Å². The number of piperidine rings is 1. The normalized spacial score (nSPS) is 15.4. The Balaban J connectivity index is 1.23. The van der Waals surface area contributed by atoms with E-state index in [-0.39, 0.29) is 5.97 Å². The van der Waals surface area contributed by atoms with Crippen LogP contribution in [0.4, 0.5) is 0 Å². The molecule has 38 heavy (non-hydrogen) atoms. The van der Waals surface area contributed by atoms with Gasteiger partial charge in [-0.25, -0.2) is 9.78 Å². The highest BCUT2D eigenvalue weighted by Gasteiger charge is 2.17. The fraction of sp³-hybridized carbons (Fsp3) is 0.233. The zero-order valence-electron chi connectivity index (χ0n) is 21.1. The first-order valence-electron chi connectivity index (χ1n) is 12.9. The summed E-state index contributed by atoms with van der Waals surface area (Å²) in [7, 11) is 0. The number of nitrogens with one attached hydrogen (secondary N) is 2. The van der Waals surface area contributed by atoms with Crippen LogP contribution in [0.1, 0.15) is 28.9 Å². The number of pyridine rings is 3. The SMILES string of the molecule is Cc1cccc(-c2[nH]cnc2-c2ccc3ncc(-c4ccc(C(=O)OC[C@H]5CCCNC5)cn4)cc3c2)n1. The Morgan fingerprint density at radius 3 is 2.74 bits per heavy atom. The summed E-state index contributed by atoms with van der Waals surface area (Å²) in [6.45, 7) is 4.34. The zero-order chi connectivity index (χ0) is 25.9. The van der Waals surface area contributed by atoms with Gasteiger partial charge in [0.1, 0.15) is 0 Å². The molecule has 190 valence electrons. The van der Waals surface area contributed by atoms with E-state index in [1.807, 2.05) is 43.3 Å². The van der Waals surface area contributed by atoms with Gasteiger partial charge < -0.3 is 15.0 Å². The number of fused-ring (bicyclic) bond motifs is 1. The van der Waals surface area contributed by atoms with Crippen molar-refractivity contribution in [3.05, 3.63) is 84.6 Å². The molecule has 1 aromatic carbocycles. The molecule has 0 aliphatic carbocycles. The lowest BCUT2D eigenvalue weighted by Crippen LogP contribution is -2.32. The fourth-order valence-corrected chi connectivity index (χ4v) is 4.84. The highest BCUT2D eigenvalue weighted by molar-refractivity contribution is 5.91. The quantitative estimate of drug-likeness (QED) is 0.306. The minimum absolute atomic E-state index is 0.339. The first kappa shape index (κ1) is 23.9. The van der Waals surface area contributed by atoms with E-state index in [1.54, 1.807) is 24.8 Å². The third-order valence-corrected chi connectivity index (χ3v) is 6.88. The van der Waals surface area contributed by atoms with Crippen molar-refractivity contribution in [2.75, 3.05) is 19.7 Å². The molecule has 1 fully saturated rings. The van der Waals surface area contributed by atoms with Crippen molar-refractivity contribution in [2.45, 2.75) is 19.8 Å². The fourth-order valence-electron chi connectivity index (χ4n) is 4.84. The second-order valence-electron chi connectivity index (χ2n) is 9.66. The van der Waals surface area contributed by atoms with Crippen molar-refractivity contribution in [2.24, 2.45) is 5.92 Å². The van der Waals surface area contributed by atoms with E-state index >= 15 is 0 Å². The number of aryl methyl sites for hydroxylation is 1. The largest absolute Gasteiger partial charge is 0.462 e. The van der Waals surface area contributed by atoms with Crippen LogP contribution in [0.15, 0.2) is 73.3 Å². The number of nitrogens with zero attached hydrogens (tertiary/aromatic N) is 4. The maximum atomic E-state index is 12.5. The number of imidazole rings is 1. The number of ether oxygens (including phenoxy) is 1. The lowest BCUT2D eigenvalue weighted by atomic mass is 10.0. The van der Waals surface area contributed by atoms with Gasteiger partial charge in [-0.2, -0.15) is 0 Å². The Kier molecular flexibility index (Phi) is 6.62. The van der Waals surface area contributed by atoms with E-state index < -0.39 is 0 Å². The highest BCUT2D eigenvalue weighted by Crippen LogP contribution is 2.31. The summed E-state index contributed by atoms with van der Waals surface area (Å²) in [6.07, 6.45) is 7.26. The zero-order valence-corrected chi connectivity index (χ0v) is 21.1. The lowest BCUT2D eigenvalue weighted by molar-refractivity contribution is 0.0420. The Morgan fingerprint density at radius 1 is 1.00 bits per heavy atom. The molecule has 0 unspecified atom stereocenters. The van der Waals surface area contributed by atoms with E-state index in [9.17, 15) is 4.79 Å². The molecule has 5 aromatic rings. The first-order valence-corrected chi connectivity index (χ1v) is 12.9. The van der Waals surface area contributed by atoms with Gasteiger partial charge in [-0.05, 0) is 68.8 Å². The molecule has 6 rings (SSSR count). The molecular formula is C30H28N6O2. The standard InChI is InChI=1S/C30H28N6O2/c1-19-4-2-6-27(36-19)29-28(34-18-35-29)21-7-9-25-23(12-21)13-24(16-33-25)26-10-8-22(15-32-26)30(37)38-17-20-5-3-11-31-14-20/h2,4,6-10,12-13,15-16,18,20,31H,3,5,11,14,17H2,1H3,(H,34,35)/t20-/m0/s1. The summed E-state index contributed by atoms with van der Waals surface area (Å²) in [5.74, 6) is 0.0351. The summed E-state index contributed by atoms with van der Waals surface area (Å²) in [4.78, 5) is 34.1. The van der Waals surface area contributed by atoms with Crippen LogP contribution in [0.3, 0.4) is 0 Å². The van der Waals surface area contributed by atoms with Crippen LogP contribution in [-0.2, 0) is 4.74 Å². The van der Waals surface area contributed by atoms with Gasteiger partial charge in [0.25, 0.3) is 0 Å². The van der Waals surface area contributed by atoms with Gasteiger partial charge >= 0.3 is 5.97 Å². The number of aromatic nitrogens is 5. The van der Waals surface area contributed by atoms with E-state index in [0.717, 1.165) is 76.4 Å². The molecule has 1 aliphatic heterocycles. The number of carbonyl (C=O) groups excluding carboxylic acids is 1. The molecule has 0 radical (unpaired) electrons. The second kappa shape index (κ2) is 10.5. The summed E-state index contributed by atoms with van der Waals surface area (Å²) in [6, 6.07) is 17.7. The topological polar surface area (TPSA) is 106 Å². The van der Waals surface area contributed by atoms with Gasteiger partial charge in [-0.3, -0.25) is 15.0 Å². The number of esters is 1. The molecule has 1 atom stereocenters. The summed E-state index contributed by atoms with van der Waals surface area (Å²) in [5.41, 5.74) is 7.40. The monoisotopic (exact) mass is 504 g/mol. The van der Waals surface area contributed by atoms with Crippen LogP contribution in [0.5, 0.6) is 0 Å². The highest BCUT2D eigenvalue weighted by atomic mass is 16.5. The predicted octanol–water partition coefficient (Wildman–Crippen LogP) is 5.21. The summed E-state index contributed by atoms with van der Waals surface area (Å²) >= 11 is 0. The number of hydrogen-bond acceptors (Lipinski definition) is 7. The second-order valence-corrected chi connectivity index (χ2v) is 9.66. The number of aromatic amines is 1. The molecule has 1 aliphatic rings. The smallest absolute Gasteiger partial charge is 0.339 e. The van der Waals surface area contributed by atoms with Crippen LogP contribution in [0.2, 0.25) is 0 Å². The maximum Gasteiger partial charge on any atom is 0.339 e. The summed E-state index contributed by atoms with van der Waals surface area (Å²) < 4.78 is 5.52. The third kappa shape index (κ3) is 5.03. The summed E-state index contributed by atoms with van der Waals surface area (Å²) in [5, 5.41) is 4.31. The number of benzene rings is 1. The average molecular weight is 505 g/mol. The number of hydrogen-bond donors (Lipinski definition) is 2. The van der Waals surface area contributed by atoms with Gasteiger partial charge in [0.15, 0.2) is 0 Å². The van der Waals surface area contributed by atoms with E-state index in [0.29, 0.717) is 18.1 Å². The minimum Gasteiger partial charge on any atom is -0.462 e. The van der Waals surface area contributed by atoms with Crippen LogP contribution in [0, 0.1) is 12.8 Å². The van der Waals surface area contributed by atoms with Crippen LogP contribution >= 0.6 is 0 Å². The number of rotatable bonds is 6. The molecule has 8 heteroatoms. The molecular weight excluding hydrogens is 476 g/mol. The lowest BCUT2D eigenvalue weighted by Gasteiger charge is -2.22. The van der Waals surface area contributed by atoms with Gasteiger partial charge in [0.2, 0.25) is 0 Å². The van der Waals surface area contributed by atoms with E-state index in [1.165, 1.54) is 0 Å². The molecule has 0 amide bonds. The first-order chi connectivity index (χ1) is 18.6. The molecule has 4 aromatic heterocycles. The van der Waals surface area contributed by atoms with Crippen LogP contribution < -0.4 is 5.32 Å². The van der Waals surface area contributed by atoms with E-state index in [2.05, 4.69) is 42.4 Å². The van der Waals surface area contributed by atoms with E-state index in [4.69, 9.17) is 4.74 Å².